The Morgan fingerprint density at radius 3 is 2.67 bits per heavy atom. The number of nitrogens with one attached hydrogen (secondary N) is 1. The van der Waals surface area contributed by atoms with Crippen LogP contribution in [0.1, 0.15) is 25.7 Å². The molecule has 1 saturated heterocycles. The van der Waals surface area contributed by atoms with E-state index < -0.39 is 16.3 Å². The Labute approximate surface area is 111 Å². The Balaban J connectivity index is 2.02. The Morgan fingerprint density at radius 2 is 2.11 bits per heavy atom. The van der Waals surface area contributed by atoms with Crippen LogP contribution in [0.3, 0.4) is 0 Å². The SMILES string of the molecule is CNC1(C(N)=O)CCCC(N2CCS(=O)CC2)C1. The summed E-state index contributed by atoms with van der Waals surface area (Å²) in [5.41, 5.74) is 5.02. The number of amides is 1. The van der Waals surface area contributed by atoms with Gasteiger partial charge < -0.3 is 11.1 Å². The van der Waals surface area contributed by atoms with Crippen molar-refractivity contribution in [1.82, 2.24) is 10.2 Å². The molecule has 0 spiro atoms. The number of rotatable bonds is 3. The minimum Gasteiger partial charge on any atom is -0.368 e. The molecule has 0 radical (unpaired) electrons. The van der Waals surface area contributed by atoms with Gasteiger partial charge in [-0.1, -0.05) is 0 Å². The molecule has 3 N–H and O–H groups in total. The van der Waals surface area contributed by atoms with Crippen molar-refractivity contribution in [2.75, 3.05) is 31.6 Å². The van der Waals surface area contributed by atoms with Crippen LogP contribution in [0.5, 0.6) is 0 Å². The molecule has 2 aliphatic rings. The number of likely N-dealkylation sites (N-methyl/N-ethyl adjacent to an activating group) is 1. The summed E-state index contributed by atoms with van der Waals surface area (Å²) in [6.07, 6.45) is 3.75. The minimum absolute atomic E-state index is 0.240. The Bertz CT molecular complexity index is 340. The summed E-state index contributed by atoms with van der Waals surface area (Å²) in [5, 5.41) is 3.13. The highest BCUT2D eigenvalue weighted by Gasteiger charge is 2.42. The zero-order valence-electron chi connectivity index (χ0n) is 11.0. The highest BCUT2D eigenvalue weighted by atomic mass is 32.2. The third-order valence-corrected chi connectivity index (χ3v) is 5.68. The van der Waals surface area contributed by atoms with Gasteiger partial charge in [0.05, 0.1) is 5.54 Å². The van der Waals surface area contributed by atoms with E-state index in [9.17, 15) is 9.00 Å². The number of nitrogens with zero attached hydrogens (tertiary/aromatic N) is 1. The second kappa shape index (κ2) is 5.67. The van der Waals surface area contributed by atoms with E-state index in [-0.39, 0.29) is 5.91 Å². The number of carbonyl (C=O) groups is 1. The molecule has 2 rings (SSSR count). The minimum atomic E-state index is -0.644. The van der Waals surface area contributed by atoms with Crippen molar-refractivity contribution < 1.29 is 9.00 Å². The summed E-state index contributed by atoms with van der Waals surface area (Å²) in [4.78, 5) is 14.1. The van der Waals surface area contributed by atoms with Gasteiger partial charge in [0.15, 0.2) is 0 Å². The molecular weight excluding hydrogens is 250 g/mol. The van der Waals surface area contributed by atoms with E-state index in [0.717, 1.165) is 50.3 Å². The lowest BCUT2D eigenvalue weighted by Gasteiger charge is -2.44. The Hall–Kier alpha value is -0.460. The molecule has 0 aromatic heterocycles. The van der Waals surface area contributed by atoms with Crippen molar-refractivity contribution in [1.29, 1.82) is 0 Å². The lowest BCUT2D eigenvalue weighted by atomic mass is 9.78. The molecule has 0 aromatic rings. The predicted octanol–water partition coefficient (Wildman–Crippen LogP) is -0.563. The van der Waals surface area contributed by atoms with E-state index in [4.69, 9.17) is 5.73 Å². The zero-order chi connectivity index (χ0) is 13.2. The highest BCUT2D eigenvalue weighted by molar-refractivity contribution is 7.85. The number of hydrogen-bond acceptors (Lipinski definition) is 4. The van der Waals surface area contributed by atoms with E-state index >= 15 is 0 Å². The summed E-state index contributed by atoms with van der Waals surface area (Å²) in [5.74, 6) is 1.29. The molecule has 2 fully saturated rings. The summed E-state index contributed by atoms with van der Waals surface area (Å²) in [6.45, 7) is 1.77. The number of carbonyl (C=O) groups excluding carboxylic acids is 1. The van der Waals surface area contributed by atoms with Gasteiger partial charge in [-0.15, -0.1) is 0 Å². The van der Waals surface area contributed by atoms with E-state index in [1.54, 1.807) is 0 Å². The maximum Gasteiger partial charge on any atom is 0.237 e. The lowest BCUT2D eigenvalue weighted by Crippen LogP contribution is -2.60. The maximum absolute atomic E-state index is 11.7. The van der Waals surface area contributed by atoms with Crippen LogP contribution in [0.4, 0.5) is 0 Å². The zero-order valence-corrected chi connectivity index (χ0v) is 11.8. The molecule has 1 aliphatic carbocycles. The van der Waals surface area contributed by atoms with Gasteiger partial charge in [0.25, 0.3) is 0 Å². The summed E-state index contributed by atoms with van der Waals surface area (Å²) in [6, 6.07) is 0.399. The molecule has 1 heterocycles. The molecule has 18 heavy (non-hydrogen) atoms. The van der Waals surface area contributed by atoms with Crippen LogP contribution >= 0.6 is 0 Å². The van der Waals surface area contributed by atoms with Gasteiger partial charge in [-0.05, 0) is 32.7 Å². The smallest absolute Gasteiger partial charge is 0.237 e. The average molecular weight is 273 g/mol. The third-order valence-electron chi connectivity index (χ3n) is 4.40. The second-order valence-electron chi connectivity index (χ2n) is 5.33. The fraction of sp³-hybridized carbons (Fsp3) is 0.917. The van der Waals surface area contributed by atoms with Crippen LogP contribution < -0.4 is 11.1 Å². The van der Waals surface area contributed by atoms with Gasteiger partial charge >= 0.3 is 0 Å². The van der Waals surface area contributed by atoms with Gasteiger partial charge in [0.1, 0.15) is 0 Å². The van der Waals surface area contributed by atoms with Crippen molar-refractivity contribution in [2.24, 2.45) is 5.73 Å². The predicted molar refractivity (Wildman–Crippen MR) is 72.7 cm³/mol. The maximum atomic E-state index is 11.7. The molecule has 2 unspecified atom stereocenters. The largest absolute Gasteiger partial charge is 0.368 e. The van der Waals surface area contributed by atoms with Gasteiger partial charge in [-0.2, -0.15) is 0 Å². The van der Waals surface area contributed by atoms with Crippen LogP contribution in [-0.2, 0) is 15.6 Å². The lowest BCUT2D eigenvalue weighted by molar-refractivity contribution is -0.126. The van der Waals surface area contributed by atoms with Crippen molar-refractivity contribution >= 4 is 16.7 Å². The second-order valence-corrected chi connectivity index (χ2v) is 7.03. The van der Waals surface area contributed by atoms with Crippen LogP contribution in [0.2, 0.25) is 0 Å². The van der Waals surface area contributed by atoms with Crippen LogP contribution in [0.25, 0.3) is 0 Å². The molecule has 6 heteroatoms. The van der Waals surface area contributed by atoms with Gasteiger partial charge in [0, 0.05) is 41.4 Å². The molecule has 2 atom stereocenters. The van der Waals surface area contributed by atoms with Crippen LogP contribution in [0, 0.1) is 0 Å². The summed E-state index contributed by atoms with van der Waals surface area (Å²) >= 11 is 0. The van der Waals surface area contributed by atoms with E-state index in [0.29, 0.717) is 6.04 Å². The van der Waals surface area contributed by atoms with Gasteiger partial charge in [-0.25, -0.2) is 0 Å². The molecule has 1 saturated carbocycles. The van der Waals surface area contributed by atoms with Crippen molar-refractivity contribution in [3.63, 3.8) is 0 Å². The van der Waals surface area contributed by atoms with Crippen LogP contribution in [-0.4, -0.2) is 58.2 Å². The first-order valence-electron chi connectivity index (χ1n) is 6.65. The number of primary amides is 1. The van der Waals surface area contributed by atoms with E-state index in [1.165, 1.54) is 0 Å². The first-order valence-corrected chi connectivity index (χ1v) is 8.14. The normalized spacial score (nSPS) is 35.5. The highest BCUT2D eigenvalue weighted by Crippen LogP contribution is 2.31. The molecule has 5 nitrogen and oxygen atoms in total. The van der Waals surface area contributed by atoms with Crippen molar-refractivity contribution in [3.05, 3.63) is 0 Å². The monoisotopic (exact) mass is 273 g/mol. The number of nitrogens with two attached hydrogens (primary N) is 1. The summed E-state index contributed by atoms with van der Waals surface area (Å²) in [7, 11) is 1.17. The molecule has 1 aliphatic heterocycles. The van der Waals surface area contributed by atoms with Crippen molar-refractivity contribution in [2.45, 2.75) is 37.3 Å². The quantitative estimate of drug-likeness (QED) is 0.722. The van der Waals surface area contributed by atoms with E-state index in [2.05, 4.69) is 10.2 Å². The van der Waals surface area contributed by atoms with Crippen LogP contribution in [0.15, 0.2) is 0 Å². The van der Waals surface area contributed by atoms with Gasteiger partial charge in [0.2, 0.25) is 5.91 Å². The fourth-order valence-electron chi connectivity index (χ4n) is 3.15. The molecule has 104 valence electrons. The average Bonchev–Trinajstić information content (AvgIpc) is 2.39. The first kappa shape index (κ1) is 14.0. The standard InChI is InChI=1S/C12H23N3O2S/c1-14-12(11(13)16)4-2-3-10(9-12)15-5-7-18(17)8-6-15/h10,14H,2-9H2,1H3,(H2,13,16). The molecule has 0 aromatic carbocycles. The fourth-order valence-corrected chi connectivity index (χ4v) is 4.23. The topological polar surface area (TPSA) is 75.4 Å². The number of hydrogen-bond donors (Lipinski definition) is 2. The third kappa shape index (κ3) is 2.75. The Kier molecular flexibility index (Phi) is 4.40. The Morgan fingerprint density at radius 1 is 1.44 bits per heavy atom. The molecular formula is C12H23N3O2S. The summed E-state index contributed by atoms with van der Waals surface area (Å²) < 4.78 is 11.4. The van der Waals surface area contributed by atoms with Crippen molar-refractivity contribution in [3.8, 4) is 0 Å². The van der Waals surface area contributed by atoms with E-state index in [1.807, 2.05) is 7.05 Å². The molecule has 1 amide bonds. The molecule has 0 bridgehead atoms. The van der Waals surface area contributed by atoms with Gasteiger partial charge in [-0.3, -0.25) is 13.9 Å². The first-order chi connectivity index (χ1) is 8.57.